The number of thiophene rings is 2. The van der Waals surface area contributed by atoms with E-state index in [4.69, 9.17) is 0 Å². The Kier molecular flexibility index (Phi) is 5.99. The largest absolute Gasteiger partial charge is 0.396 e. The third kappa shape index (κ3) is 4.92. The smallest absolute Gasteiger partial charge is 0.0465 e. The highest BCUT2D eigenvalue weighted by molar-refractivity contribution is 7.10. The molecule has 2 aromatic rings. The first kappa shape index (κ1) is 16.7. The molecule has 21 heavy (non-hydrogen) atoms. The van der Waals surface area contributed by atoms with E-state index in [-0.39, 0.29) is 12.0 Å². The minimum Gasteiger partial charge on any atom is -0.396 e. The Bertz CT molecular complexity index is 499. The van der Waals surface area contributed by atoms with Crippen molar-refractivity contribution in [3.63, 3.8) is 0 Å². The van der Waals surface area contributed by atoms with Crippen LogP contribution in [-0.2, 0) is 6.42 Å². The van der Waals surface area contributed by atoms with Crippen LogP contribution >= 0.6 is 22.7 Å². The molecular weight excluding hydrogens is 298 g/mol. The summed E-state index contributed by atoms with van der Waals surface area (Å²) in [5.41, 5.74) is 0.133. The van der Waals surface area contributed by atoms with E-state index in [0.717, 1.165) is 12.8 Å². The van der Waals surface area contributed by atoms with E-state index in [1.807, 2.05) is 11.3 Å². The molecule has 2 aromatic heterocycles. The number of nitrogens with one attached hydrogen (secondary N) is 1. The zero-order chi connectivity index (χ0) is 15.3. The van der Waals surface area contributed by atoms with Gasteiger partial charge in [0.2, 0.25) is 0 Å². The summed E-state index contributed by atoms with van der Waals surface area (Å²) in [7, 11) is 0. The Morgan fingerprint density at radius 2 is 1.86 bits per heavy atom. The second-order valence-electron chi connectivity index (χ2n) is 6.45. The van der Waals surface area contributed by atoms with Crippen molar-refractivity contribution >= 4 is 22.7 Å². The van der Waals surface area contributed by atoms with Crippen LogP contribution in [0.3, 0.4) is 0 Å². The number of hydrogen-bond acceptors (Lipinski definition) is 4. The molecule has 0 bridgehead atoms. The second-order valence-corrected chi connectivity index (χ2v) is 8.46. The molecule has 0 aliphatic rings. The van der Waals surface area contributed by atoms with Crippen molar-refractivity contribution in [2.75, 3.05) is 6.61 Å². The van der Waals surface area contributed by atoms with Crippen LogP contribution in [0.1, 0.15) is 43.0 Å². The molecule has 2 heterocycles. The first-order chi connectivity index (χ1) is 10.0. The van der Waals surface area contributed by atoms with Crippen LogP contribution in [0.2, 0.25) is 0 Å². The molecule has 0 spiro atoms. The van der Waals surface area contributed by atoms with Gasteiger partial charge in [0.25, 0.3) is 0 Å². The summed E-state index contributed by atoms with van der Waals surface area (Å²) in [5.74, 6) is 0. The molecule has 0 aromatic carbocycles. The van der Waals surface area contributed by atoms with Gasteiger partial charge in [-0.1, -0.05) is 32.9 Å². The molecule has 0 aliphatic carbocycles. The number of aliphatic hydroxyl groups is 1. The van der Waals surface area contributed by atoms with E-state index < -0.39 is 0 Å². The summed E-state index contributed by atoms with van der Waals surface area (Å²) < 4.78 is 0. The molecule has 0 saturated heterocycles. The van der Waals surface area contributed by atoms with E-state index in [1.165, 1.54) is 9.75 Å². The number of hydrogen-bond donors (Lipinski definition) is 2. The number of aliphatic hydroxyl groups excluding tert-OH is 1. The van der Waals surface area contributed by atoms with Crippen LogP contribution in [0, 0.1) is 5.41 Å². The Labute approximate surface area is 135 Å². The molecule has 2 rings (SSSR count). The van der Waals surface area contributed by atoms with Gasteiger partial charge in [-0.3, -0.25) is 0 Å². The molecule has 4 heteroatoms. The predicted octanol–water partition coefficient (Wildman–Crippen LogP) is 4.48. The van der Waals surface area contributed by atoms with E-state index in [0.29, 0.717) is 12.1 Å². The van der Waals surface area contributed by atoms with Gasteiger partial charge in [0.05, 0.1) is 0 Å². The molecule has 0 fully saturated rings. The van der Waals surface area contributed by atoms with Crippen LogP contribution in [0.15, 0.2) is 35.0 Å². The lowest BCUT2D eigenvalue weighted by atomic mass is 9.84. The second kappa shape index (κ2) is 7.54. The van der Waals surface area contributed by atoms with Gasteiger partial charge in [0.15, 0.2) is 0 Å². The molecule has 0 amide bonds. The summed E-state index contributed by atoms with van der Waals surface area (Å²) in [4.78, 5) is 2.77. The molecule has 2 atom stereocenters. The van der Waals surface area contributed by atoms with Gasteiger partial charge in [-0.2, -0.15) is 0 Å². The standard InChI is InChI=1S/C17H25NOS2/c1-17(2,3)16(8-9-19)18-14(15-7-5-11-21-15)12-13-6-4-10-20-13/h4-7,10-11,14,16,18-19H,8-9,12H2,1-3H3. The molecule has 0 aliphatic heterocycles. The van der Waals surface area contributed by atoms with E-state index >= 15 is 0 Å². The minimum atomic E-state index is 0.133. The maximum Gasteiger partial charge on any atom is 0.0465 e. The quantitative estimate of drug-likeness (QED) is 0.787. The van der Waals surface area contributed by atoms with Crippen LogP contribution in [-0.4, -0.2) is 17.8 Å². The fraction of sp³-hybridized carbons (Fsp3) is 0.529. The Hall–Kier alpha value is -0.680. The summed E-state index contributed by atoms with van der Waals surface area (Å²) >= 11 is 3.61. The van der Waals surface area contributed by atoms with Crippen molar-refractivity contribution in [3.8, 4) is 0 Å². The maximum atomic E-state index is 9.36. The molecule has 2 unspecified atom stereocenters. The van der Waals surface area contributed by atoms with E-state index in [9.17, 15) is 5.11 Å². The van der Waals surface area contributed by atoms with Crippen LogP contribution < -0.4 is 5.32 Å². The van der Waals surface area contributed by atoms with Crippen LogP contribution in [0.4, 0.5) is 0 Å². The van der Waals surface area contributed by atoms with Crippen molar-refractivity contribution in [2.45, 2.75) is 45.7 Å². The van der Waals surface area contributed by atoms with Gasteiger partial charge in [0.1, 0.15) is 0 Å². The van der Waals surface area contributed by atoms with Gasteiger partial charge in [-0.05, 0) is 34.7 Å². The summed E-state index contributed by atoms with van der Waals surface area (Å²) in [6, 6.07) is 9.25. The highest BCUT2D eigenvalue weighted by atomic mass is 32.1. The Morgan fingerprint density at radius 1 is 1.14 bits per heavy atom. The molecule has 0 saturated carbocycles. The Balaban J connectivity index is 2.15. The van der Waals surface area contributed by atoms with Gasteiger partial charge in [-0.15, -0.1) is 22.7 Å². The van der Waals surface area contributed by atoms with E-state index in [2.05, 4.69) is 61.1 Å². The lowest BCUT2D eigenvalue weighted by Gasteiger charge is -2.34. The highest BCUT2D eigenvalue weighted by Gasteiger charge is 2.27. The molecule has 0 radical (unpaired) electrons. The van der Waals surface area contributed by atoms with Crippen molar-refractivity contribution in [3.05, 3.63) is 44.8 Å². The third-order valence-corrected chi connectivity index (χ3v) is 5.62. The first-order valence-electron chi connectivity index (χ1n) is 7.43. The van der Waals surface area contributed by atoms with E-state index in [1.54, 1.807) is 11.3 Å². The molecule has 2 N–H and O–H groups in total. The van der Waals surface area contributed by atoms with Crippen LogP contribution in [0.5, 0.6) is 0 Å². The fourth-order valence-electron chi connectivity index (χ4n) is 2.50. The van der Waals surface area contributed by atoms with Gasteiger partial charge >= 0.3 is 0 Å². The van der Waals surface area contributed by atoms with Crippen molar-refractivity contribution < 1.29 is 5.11 Å². The zero-order valence-corrected chi connectivity index (χ0v) is 14.6. The lowest BCUT2D eigenvalue weighted by Crippen LogP contribution is -2.43. The SMILES string of the molecule is CC(C)(C)C(CCO)NC(Cc1cccs1)c1cccs1. The maximum absolute atomic E-state index is 9.36. The van der Waals surface area contributed by atoms with Gasteiger partial charge in [-0.25, -0.2) is 0 Å². The Morgan fingerprint density at radius 3 is 2.38 bits per heavy atom. The van der Waals surface area contributed by atoms with Crippen molar-refractivity contribution in [1.82, 2.24) is 5.32 Å². The molecular formula is C17H25NOS2. The molecule has 2 nitrogen and oxygen atoms in total. The summed E-state index contributed by atoms with van der Waals surface area (Å²) in [5, 5.41) is 17.4. The minimum absolute atomic E-state index is 0.133. The van der Waals surface area contributed by atoms with Gasteiger partial charge < -0.3 is 10.4 Å². The monoisotopic (exact) mass is 323 g/mol. The average Bonchev–Trinajstić information content (AvgIpc) is 3.09. The van der Waals surface area contributed by atoms with Crippen LogP contribution in [0.25, 0.3) is 0 Å². The fourth-order valence-corrected chi connectivity index (χ4v) is 4.04. The summed E-state index contributed by atoms with van der Waals surface area (Å²) in [6.45, 7) is 6.93. The highest BCUT2D eigenvalue weighted by Crippen LogP contribution is 2.29. The topological polar surface area (TPSA) is 32.3 Å². The summed E-state index contributed by atoms with van der Waals surface area (Å²) in [6.07, 6.45) is 1.80. The first-order valence-corrected chi connectivity index (χ1v) is 9.19. The third-order valence-electron chi connectivity index (χ3n) is 3.74. The number of rotatable bonds is 7. The van der Waals surface area contributed by atoms with Crippen molar-refractivity contribution in [2.24, 2.45) is 5.41 Å². The normalized spacial score (nSPS) is 15.0. The van der Waals surface area contributed by atoms with Gasteiger partial charge in [0, 0.05) is 34.9 Å². The predicted molar refractivity (Wildman–Crippen MR) is 93.2 cm³/mol. The molecule has 116 valence electrons. The van der Waals surface area contributed by atoms with Crippen molar-refractivity contribution in [1.29, 1.82) is 0 Å². The lowest BCUT2D eigenvalue weighted by molar-refractivity contribution is 0.185. The zero-order valence-electron chi connectivity index (χ0n) is 13.0. The average molecular weight is 324 g/mol.